The molecule has 130 valence electrons. The van der Waals surface area contributed by atoms with Crippen LogP contribution >= 0.6 is 11.6 Å². The lowest BCUT2D eigenvalue weighted by Crippen LogP contribution is -2.58. The number of carbonyl (C=O) groups is 3. The van der Waals surface area contributed by atoms with Gasteiger partial charge in [0, 0.05) is 10.7 Å². The fraction of sp³-hybridized carbons (Fsp3) is 0.471. The number of hydrogen-bond acceptors (Lipinski definition) is 5. The molecular weight excluding hydrogens is 332 g/mol. The summed E-state index contributed by atoms with van der Waals surface area (Å²) in [6.07, 6.45) is -0.493. The molecule has 0 spiro atoms. The van der Waals surface area contributed by atoms with Gasteiger partial charge in [0.15, 0.2) is 5.78 Å². The predicted molar refractivity (Wildman–Crippen MR) is 90.6 cm³/mol. The highest BCUT2D eigenvalue weighted by molar-refractivity contribution is 6.31. The maximum absolute atomic E-state index is 12.7. The van der Waals surface area contributed by atoms with E-state index in [2.05, 4.69) is 5.32 Å². The first-order valence-corrected chi connectivity index (χ1v) is 8.04. The highest BCUT2D eigenvalue weighted by Gasteiger charge is 2.52. The van der Waals surface area contributed by atoms with Crippen molar-refractivity contribution in [2.24, 2.45) is 11.3 Å². The summed E-state index contributed by atoms with van der Waals surface area (Å²) in [7, 11) is 0. The molecule has 1 heterocycles. The number of carbonyl (C=O) groups excluding carboxylic acids is 3. The number of cyclic esters (lactones) is 1. The van der Waals surface area contributed by atoms with Crippen LogP contribution in [-0.4, -0.2) is 29.8 Å². The van der Waals surface area contributed by atoms with Crippen LogP contribution in [0.2, 0.25) is 5.02 Å². The number of ketones is 1. The first-order valence-electron chi connectivity index (χ1n) is 7.66. The number of halogens is 1. The molecule has 6 nitrogen and oxygen atoms in total. The van der Waals surface area contributed by atoms with E-state index in [1.165, 1.54) is 12.1 Å². The van der Waals surface area contributed by atoms with Gasteiger partial charge in [-0.05, 0) is 45.9 Å². The van der Waals surface area contributed by atoms with Gasteiger partial charge in [0.2, 0.25) is 0 Å². The predicted octanol–water partition coefficient (Wildman–Crippen LogP) is 2.20. The molecule has 24 heavy (non-hydrogen) atoms. The van der Waals surface area contributed by atoms with Crippen LogP contribution in [0, 0.1) is 11.3 Å². The second kappa shape index (κ2) is 6.43. The quantitative estimate of drug-likeness (QED) is 0.625. The molecule has 3 atom stereocenters. The van der Waals surface area contributed by atoms with Crippen molar-refractivity contribution in [3.05, 3.63) is 28.8 Å². The number of benzene rings is 1. The number of nitrogen functional groups attached to an aromatic ring is 1. The molecule has 0 radical (unpaired) electrons. The molecule has 1 aliphatic rings. The Hall–Kier alpha value is -2.08. The first-order chi connectivity index (χ1) is 11.1. The lowest BCUT2D eigenvalue weighted by atomic mass is 9.72. The molecule has 3 unspecified atom stereocenters. The number of esters is 1. The third-order valence-electron chi connectivity index (χ3n) is 4.42. The molecule has 7 heteroatoms. The van der Waals surface area contributed by atoms with Gasteiger partial charge in [-0.3, -0.25) is 14.4 Å². The van der Waals surface area contributed by atoms with E-state index in [1.807, 2.05) is 0 Å². The van der Waals surface area contributed by atoms with Gasteiger partial charge in [-0.2, -0.15) is 0 Å². The highest BCUT2D eigenvalue weighted by atomic mass is 35.5. The smallest absolute Gasteiger partial charge is 0.312 e. The van der Waals surface area contributed by atoms with E-state index in [1.54, 1.807) is 33.8 Å². The Kier molecular flexibility index (Phi) is 4.90. The number of Topliss-reactive ketones (excluding diaryl/α,β-unsaturated/α-hetero) is 1. The number of nitrogens with one attached hydrogen (secondary N) is 1. The summed E-state index contributed by atoms with van der Waals surface area (Å²) in [6.45, 7) is 6.73. The van der Waals surface area contributed by atoms with Crippen LogP contribution in [-0.2, 0) is 14.3 Å². The van der Waals surface area contributed by atoms with Crippen LogP contribution < -0.4 is 11.1 Å². The maximum Gasteiger partial charge on any atom is 0.312 e. The molecule has 1 aliphatic heterocycles. The molecule has 1 aromatic carbocycles. The Balaban J connectivity index is 2.10. The number of hydrogen-bond donors (Lipinski definition) is 2. The molecule has 0 saturated carbocycles. The van der Waals surface area contributed by atoms with Crippen molar-refractivity contribution in [3.63, 3.8) is 0 Å². The van der Waals surface area contributed by atoms with Crippen molar-refractivity contribution in [1.82, 2.24) is 5.32 Å². The Morgan fingerprint density at radius 2 is 2.00 bits per heavy atom. The Morgan fingerprint density at radius 3 is 2.54 bits per heavy atom. The number of ether oxygens (including phenoxy) is 1. The van der Waals surface area contributed by atoms with Gasteiger partial charge < -0.3 is 15.8 Å². The molecular formula is C17H21ClN2O4. The van der Waals surface area contributed by atoms with Crippen LogP contribution in [0.5, 0.6) is 0 Å². The summed E-state index contributed by atoms with van der Waals surface area (Å²) in [4.78, 5) is 36.3. The standard InChI is InChI=1S/C17H21ClN2O4/c1-8-14(24-16(8)23)17(3,4)13(21)9(2)20-15(22)11-7-10(18)5-6-12(11)19/h5-9,14H,19H2,1-4H3,(H,20,22). The molecule has 1 fully saturated rings. The van der Waals surface area contributed by atoms with Crippen molar-refractivity contribution in [3.8, 4) is 0 Å². The van der Waals surface area contributed by atoms with E-state index in [0.717, 1.165) is 0 Å². The van der Waals surface area contributed by atoms with Crippen molar-refractivity contribution >= 4 is 34.9 Å². The van der Waals surface area contributed by atoms with Gasteiger partial charge in [0.25, 0.3) is 5.91 Å². The largest absolute Gasteiger partial charge is 0.460 e. The highest BCUT2D eigenvalue weighted by Crippen LogP contribution is 2.38. The van der Waals surface area contributed by atoms with Gasteiger partial charge >= 0.3 is 5.97 Å². The van der Waals surface area contributed by atoms with Crippen molar-refractivity contribution in [2.75, 3.05) is 5.73 Å². The third kappa shape index (κ3) is 3.24. The van der Waals surface area contributed by atoms with Crippen LogP contribution in [0.25, 0.3) is 0 Å². The lowest BCUT2D eigenvalue weighted by Gasteiger charge is -2.43. The molecule has 3 N–H and O–H groups in total. The molecule has 1 amide bonds. The zero-order valence-corrected chi connectivity index (χ0v) is 14.8. The minimum atomic E-state index is -0.903. The molecule has 1 aromatic rings. The molecule has 1 saturated heterocycles. The fourth-order valence-electron chi connectivity index (χ4n) is 2.92. The van der Waals surface area contributed by atoms with E-state index in [-0.39, 0.29) is 28.9 Å². The summed E-state index contributed by atoms with van der Waals surface area (Å²) < 4.78 is 5.10. The Bertz CT molecular complexity index is 702. The van der Waals surface area contributed by atoms with E-state index >= 15 is 0 Å². The average molecular weight is 353 g/mol. The molecule has 0 bridgehead atoms. The normalized spacial score (nSPS) is 21.5. The van der Waals surface area contributed by atoms with Crippen molar-refractivity contribution in [1.29, 1.82) is 0 Å². The number of rotatable bonds is 5. The average Bonchev–Trinajstić information content (AvgIpc) is 2.53. The van der Waals surface area contributed by atoms with Crippen molar-refractivity contribution in [2.45, 2.75) is 39.8 Å². The lowest BCUT2D eigenvalue weighted by molar-refractivity contribution is -0.198. The van der Waals surface area contributed by atoms with E-state index in [4.69, 9.17) is 22.1 Å². The third-order valence-corrected chi connectivity index (χ3v) is 4.65. The fourth-order valence-corrected chi connectivity index (χ4v) is 3.09. The number of nitrogens with two attached hydrogens (primary N) is 1. The molecule has 2 rings (SSSR count). The van der Waals surface area contributed by atoms with Crippen LogP contribution in [0.3, 0.4) is 0 Å². The topological polar surface area (TPSA) is 98.5 Å². The van der Waals surface area contributed by atoms with E-state index in [0.29, 0.717) is 5.02 Å². The SMILES string of the molecule is CC(NC(=O)c1cc(Cl)ccc1N)C(=O)C(C)(C)C1OC(=O)C1C. The van der Waals surface area contributed by atoms with Crippen LogP contribution in [0.1, 0.15) is 38.1 Å². The minimum absolute atomic E-state index is 0.211. The monoisotopic (exact) mass is 352 g/mol. The molecule has 0 aliphatic carbocycles. The van der Waals surface area contributed by atoms with E-state index < -0.39 is 23.5 Å². The zero-order chi connectivity index (χ0) is 18.2. The second-order valence-corrected chi connectivity index (χ2v) is 7.10. The summed E-state index contributed by atoms with van der Waals surface area (Å²) in [5, 5.41) is 3.01. The Morgan fingerprint density at radius 1 is 1.38 bits per heavy atom. The number of anilines is 1. The van der Waals surface area contributed by atoms with Gasteiger partial charge in [-0.25, -0.2) is 0 Å². The summed E-state index contributed by atoms with van der Waals surface area (Å²) in [5.74, 6) is -1.36. The van der Waals surface area contributed by atoms with Crippen molar-refractivity contribution < 1.29 is 19.1 Å². The van der Waals surface area contributed by atoms with Gasteiger partial charge in [-0.15, -0.1) is 0 Å². The maximum atomic E-state index is 12.7. The van der Waals surface area contributed by atoms with Crippen LogP contribution in [0.15, 0.2) is 18.2 Å². The zero-order valence-electron chi connectivity index (χ0n) is 14.1. The number of amides is 1. The van der Waals surface area contributed by atoms with Gasteiger partial charge in [-0.1, -0.05) is 11.6 Å². The molecule has 0 aromatic heterocycles. The van der Waals surface area contributed by atoms with Gasteiger partial charge in [0.1, 0.15) is 6.10 Å². The minimum Gasteiger partial charge on any atom is -0.460 e. The summed E-state index contributed by atoms with van der Waals surface area (Å²) >= 11 is 5.88. The summed E-state index contributed by atoms with van der Waals surface area (Å²) in [5.41, 5.74) is 5.36. The van der Waals surface area contributed by atoms with Crippen LogP contribution in [0.4, 0.5) is 5.69 Å². The first kappa shape index (κ1) is 18.3. The Labute approximate surface area is 145 Å². The summed E-state index contributed by atoms with van der Waals surface area (Å²) in [6, 6.07) is 3.79. The van der Waals surface area contributed by atoms with Gasteiger partial charge in [0.05, 0.1) is 22.9 Å². The second-order valence-electron chi connectivity index (χ2n) is 6.66. The van der Waals surface area contributed by atoms with E-state index in [9.17, 15) is 14.4 Å².